The van der Waals surface area contributed by atoms with Gasteiger partial charge in [0, 0.05) is 5.92 Å². The third-order valence-corrected chi connectivity index (χ3v) is 3.14. The van der Waals surface area contributed by atoms with Crippen LogP contribution in [0.5, 0.6) is 0 Å². The fraction of sp³-hybridized carbons (Fsp3) is 0.700. The van der Waals surface area contributed by atoms with Crippen molar-refractivity contribution in [3.05, 3.63) is 5.82 Å². The van der Waals surface area contributed by atoms with Crippen molar-refractivity contribution >= 4 is 11.9 Å². The van der Waals surface area contributed by atoms with Gasteiger partial charge in [-0.2, -0.15) is 4.98 Å². The highest BCUT2D eigenvalue weighted by atomic mass is 16.5. The van der Waals surface area contributed by atoms with Crippen LogP contribution in [0.25, 0.3) is 0 Å². The summed E-state index contributed by atoms with van der Waals surface area (Å²) in [6.45, 7) is 0. The van der Waals surface area contributed by atoms with Crippen LogP contribution in [-0.4, -0.2) is 28.3 Å². The number of aromatic nitrogens is 3. The minimum atomic E-state index is -0.167. The third-order valence-electron chi connectivity index (χ3n) is 3.14. The van der Waals surface area contributed by atoms with Crippen LogP contribution in [0.2, 0.25) is 0 Å². The molecule has 0 saturated heterocycles. The van der Waals surface area contributed by atoms with E-state index in [9.17, 15) is 4.79 Å². The van der Waals surface area contributed by atoms with Crippen molar-refractivity contribution in [3.63, 3.8) is 0 Å². The summed E-state index contributed by atoms with van der Waals surface area (Å²) in [6, 6.07) is 0. The van der Waals surface area contributed by atoms with Gasteiger partial charge in [-0.3, -0.25) is 9.89 Å². The quantitative estimate of drug-likeness (QED) is 0.726. The molecule has 0 aromatic carbocycles. The molecule has 1 saturated carbocycles. The van der Waals surface area contributed by atoms with Gasteiger partial charge in [0.05, 0.1) is 13.0 Å². The Morgan fingerprint density at radius 2 is 2.25 bits per heavy atom. The minimum absolute atomic E-state index is 0.0611. The maximum absolute atomic E-state index is 11.6. The number of nitrogens with zero attached hydrogens (tertiary/aromatic N) is 2. The van der Waals surface area contributed by atoms with E-state index in [0.29, 0.717) is 5.82 Å². The summed E-state index contributed by atoms with van der Waals surface area (Å²) in [5, 5.41) is 6.59. The summed E-state index contributed by atoms with van der Waals surface area (Å²) >= 11 is 0. The number of nitrogens with one attached hydrogen (secondary N) is 1. The smallest absolute Gasteiger partial charge is 0.309 e. The van der Waals surface area contributed by atoms with Crippen molar-refractivity contribution in [2.45, 2.75) is 31.6 Å². The van der Waals surface area contributed by atoms with Crippen LogP contribution < -0.4 is 5.73 Å². The molecule has 1 aromatic heterocycles. The van der Waals surface area contributed by atoms with Gasteiger partial charge < -0.3 is 10.5 Å². The molecule has 1 aliphatic rings. The number of methoxy groups -OCH3 is 1. The Balaban J connectivity index is 2.19. The Bertz CT molecular complexity index is 377. The molecule has 0 spiro atoms. The lowest BCUT2D eigenvalue weighted by Gasteiger charge is -2.27. The molecule has 0 unspecified atom stereocenters. The SMILES string of the molecule is COC(=O)[C@H]1CCCC[C@@H]1c1nc(N)n[nH]1. The molecule has 88 valence electrons. The number of ether oxygens (including phenoxy) is 1. The van der Waals surface area contributed by atoms with Gasteiger partial charge in [-0.15, -0.1) is 5.10 Å². The van der Waals surface area contributed by atoms with Crippen LogP contribution in [0.3, 0.4) is 0 Å². The van der Waals surface area contributed by atoms with Gasteiger partial charge in [0.2, 0.25) is 5.95 Å². The molecule has 6 nitrogen and oxygen atoms in total. The number of aromatic amines is 1. The molecular weight excluding hydrogens is 208 g/mol. The lowest BCUT2D eigenvalue weighted by molar-refractivity contribution is -0.147. The number of anilines is 1. The highest BCUT2D eigenvalue weighted by Crippen LogP contribution is 2.36. The van der Waals surface area contributed by atoms with Crippen molar-refractivity contribution < 1.29 is 9.53 Å². The Morgan fingerprint density at radius 3 is 2.88 bits per heavy atom. The van der Waals surface area contributed by atoms with Crippen LogP contribution in [0.1, 0.15) is 37.4 Å². The van der Waals surface area contributed by atoms with Gasteiger partial charge in [0.15, 0.2) is 0 Å². The second-order valence-electron chi connectivity index (χ2n) is 4.10. The first-order chi connectivity index (χ1) is 7.72. The topological polar surface area (TPSA) is 93.9 Å². The summed E-state index contributed by atoms with van der Waals surface area (Å²) < 4.78 is 4.82. The zero-order valence-electron chi connectivity index (χ0n) is 9.27. The number of carbonyl (C=O) groups is 1. The molecule has 1 fully saturated rings. The molecule has 0 radical (unpaired) electrons. The van der Waals surface area contributed by atoms with Gasteiger partial charge in [-0.1, -0.05) is 12.8 Å². The van der Waals surface area contributed by atoms with Gasteiger partial charge in [-0.05, 0) is 12.8 Å². The monoisotopic (exact) mass is 224 g/mol. The summed E-state index contributed by atoms with van der Waals surface area (Å²) in [4.78, 5) is 15.7. The largest absolute Gasteiger partial charge is 0.469 e. The molecule has 1 heterocycles. The predicted molar refractivity (Wildman–Crippen MR) is 57.5 cm³/mol. The summed E-state index contributed by atoms with van der Waals surface area (Å²) in [5.74, 6) is 0.702. The van der Waals surface area contributed by atoms with E-state index in [0.717, 1.165) is 25.7 Å². The molecule has 3 N–H and O–H groups in total. The van der Waals surface area contributed by atoms with Crippen molar-refractivity contribution in [3.8, 4) is 0 Å². The third kappa shape index (κ3) is 2.00. The molecule has 1 aliphatic carbocycles. The first-order valence-corrected chi connectivity index (χ1v) is 5.48. The first-order valence-electron chi connectivity index (χ1n) is 5.48. The standard InChI is InChI=1S/C10H16N4O2/c1-16-9(15)7-5-3-2-4-6(7)8-12-10(11)14-13-8/h6-7H,2-5H2,1H3,(H3,11,12,13,14)/t6-,7-/m0/s1. The van der Waals surface area contributed by atoms with Crippen LogP contribution >= 0.6 is 0 Å². The van der Waals surface area contributed by atoms with Crippen LogP contribution in [0.15, 0.2) is 0 Å². The van der Waals surface area contributed by atoms with Crippen LogP contribution in [0, 0.1) is 5.92 Å². The van der Waals surface area contributed by atoms with E-state index >= 15 is 0 Å². The Morgan fingerprint density at radius 1 is 1.50 bits per heavy atom. The normalized spacial score (nSPS) is 25.3. The number of nitrogens with two attached hydrogens (primary N) is 1. The molecule has 2 atom stereocenters. The number of esters is 1. The van der Waals surface area contributed by atoms with Crippen LogP contribution in [0.4, 0.5) is 5.95 Å². The average Bonchev–Trinajstić information content (AvgIpc) is 2.75. The highest BCUT2D eigenvalue weighted by Gasteiger charge is 2.34. The molecular formula is C10H16N4O2. The van der Waals surface area contributed by atoms with E-state index in [2.05, 4.69) is 15.2 Å². The van der Waals surface area contributed by atoms with E-state index < -0.39 is 0 Å². The van der Waals surface area contributed by atoms with E-state index in [-0.39, 0.29) is 23.8 Å². The van der Waals surface area contributed by atoms with Gasteiger partial charge in [0.1, 0.15) is 5.82 Å². The van der Waals surface area contributed by atoms with Crippen molar-refractivity contribution in [1.82, 2.24) is 15.2 Å². The summed E-state index contributed by atoms with van der Waals surface area (Å²) in [5.41, 5.74) is 5.47. The van der Waals surface area contributed by atoms with Gasteiger partial charge in [0.25, 0.3) is 0 Å². The molecule has 0 bridgehead atoms. The fourth-order valence-corrected chi connectivity index (χ4v) is 2.35. The van der Waals surface area contributed by atoms with E-state index in [1.807, 2.05) is 0 Å². The van der Waals surface area contributed by atoms with Crippen LogP contribution in [-0.2, 0) is 9.53 Å². The summed E-state index contributed by atoms with van der Waals surface area (Å²) in [6.07, 6.45) is 3.92. The maximum atomic E-state index is 11.6. The number of carbonyl (C=O) groups excluding carboxylic acids is 1. The minimum Gasteiger partial charge on any atom is -0.469 e. The number of nitrogen functional groups attached to an aromatic ring is 1. The Kier molecular flexibility index (Phi) is 3.07. The number of hydrogen-bond donors (Lipinski definition) is 2. The zero-order valence-corrected chi connectivity index (χ0v) is 9.27. The summed E-state index contributed by atoms with van der Waals surface area (Å²) in [7, 11) is 1.42. The van der Waals surface area contributed by atoms with E-state index in [1.165, 1.54) is 7.11 Å². The number of H-pyrrole nitrogens is 1. The fourth-order valence-electron chi connectivity index (χ4n) is 2.35. The van der Waals surface area contributed by atoms with E-state index in [4.69, 9.17) is 10.5 Å². The highest BCUT2D eigenvalue weighted by molar-refractivity contribution is 5.73. The van der Waals surface area contributed by atoms with Crippen molar-refractivity contribution in [1.29, 1.82) is 0 Å². The molecule has 0 aliphatic heterocycles. The Hall–Kier alpha value is -1.59. The van der Waals surface area contributed by atoms with Crippen molar-refractivity contribution in [2.75, 3.05) is 12.8 Å². The number of rotatable bonds is 2. The number of hydrogen-bond acceptors (Lipinski definition) is 5. The molecule has 0 amide bonds. The average molecular weight is 224 g/mol. The first kappa shape index (κ1) is 10.9. The second-order valence-corrected chi connectivity index (χ2v) is 4.10. The molecule has 1 aromatic rings. The van der Waals surface area contributed by atoms with E-state index in [1.54, 1.807) is 0 Å². The van der Waals surface area contributed by atoms with Gasteiger partial charge in [-0.25, -0.2) is 0 Å². The molecule has 6 heteroatoms. The Labute approximate surface area is 93.6 Å². The van der Waals surface area contributed by atoms with Crippen molar-refractivity contribution in [2.24, 2.45) is 5.92 Å². The maximum Gasteiger partial charge on any atom is 0.309 e. The molecule has 2 rings (SSSR count). The second kappa shape index (κ2) is 4.51. The lowest BCUT2D eigenvalue weighted by atomic mass is 9.79. The predicted octanol–water partition coefficient (Wildman–Crippen LogP) is 0.834. The van der Waals surface area contributed by atoms with Gasteiger partial charge >= 0.3 is 5.97 Å². The molecule has 16 heavy (non-hydrogen) atoms. The zero-order chi connectivity index (χ0) is 11.5. The lowest BCUT2D eigenvalue weighted by Crippen LogP contribution is -2.27.